The standard InChI is InChI=1S/C24H33FN6O/c1-30(2)22-20-5-3-4-6-21(20)28-24(29-22)27-18-11-13-19(14-12-18)31(23(26)32)15-16-7-9-17(25)10-8-16/h7-10,18-19H,3-6,11-15H2,1-2H3,(H2,26,32)(H,27,28,29). The number of hydrogen-bond donors (Lipinski definition) is 2. The van der Waals surface area contributed by atoms with Crippen molar-refractivity contribution in [2.24, 2.45) is 5.73 Å². The summed E-state index contributed by atoms with van der Waals surface area (Å²) in [5, 5.41) is 3.55. The highest BCUT2D eigenvalue weighted by atomic mass is 19.1. The van der Waals surface area contributed by atoms with Gasteiger partial charge in [-0.2, -0.15) is 4.98 Å². The predicted octanol–water partition coefficient (Wildman–Crippen LogP) is 3.86. The van der Waals surface area contributed by atoms with Crippen LogP contribution in [0.4, 0.5) is 21.0 Å². The molecule has 8 heteroatoms. The number of hydrogen-bond acceptors (Lipinski definition) is 5. The molecule has 2 aliphatic rings. The summed E-state index contributed by atoms with van der Waals surface area (Å²) < 4.78 is 13.2. The lowest BCUT2D eigenvalue weighted by molar-refractivity contribution is 0.156. The number of urea groups is 1. The minimum atomic E-state index is -0.431. The summed E-state index contributed by atoms with van der Waals surface area (Å²) in [5.41, 5.74) is 9.02. The van der Waals surface area contributed by atoms with E-state index in [1.807, 2.05) is 14.1 Å². The van der Waals surface area contributed by atoms with Gasteiger partial charge in [-0.05, 0) is 69.1 Å². The molecule has 0 bridgehead atoms. The molecule has 1 heterocycles. The lowest BCUT2D eigenvalue weighted by Gasteiger charge is -2.36. The van der Waals surface area contributed by atoms with E-state index in [2.05, 4.69) is 10.2 Å². The quantitative estimate of drug-likeness (QED) is 0.712. The molecule has 32 heavy (non-hydrogen) atoms. The molecule has 4 rings (SSSR count). The van der Waals surface area contributed by atoms with Crippen molar-refractivity contribution in [3.05, 3.63) is 46.9 Å². The van der Waals surface area contributed by atoms with Crippen molar-refractivity contribution in [3.8, 4) is 0 Å². The number of primary amides is 1. The van der Waals surface area contributed by atoms with Gasteiger partial charge in [-0.15, -0.1) is 0 Å². The number of carbonyl (C=O) groups excluding carboxylic acids is 1. The zero-order chi connectivity index (χ0) is 22.7. The van der Waals surface area contributed by atoms with E-state index in [-0.39, 0.29) is 17.9 Å². The Hall–Kier alpha value is -2.90. The molecule has 2 aromatic rings. The normalized spacial score (nSPS) is 20.3. The van der Waals surface area contributed by atoms with E-state index in [1.54, 1.807) is 17.0 Å². The van der Waals surface area contributed by atoms with Crippen molar-refractivity contribution < 1.29 is 9.18 Å². The molecule has 1 fully saturated rings. The minimum absolute atomic E-state index is 0.0809. The molecular weight excluding hydrogens is 407 g/mol. The fourth-order valence-corrected chi connectivity index (χ4v) is 4.90. The minimum Gasteiger partial charge on any atom is -0.362 e. The lowest BCUT2D eigenvalue weighted by Crippen LogP contribution is -2.46. The number of amides is 2. The first kappa shape index (κ1) is 22.3. The summed E-state index contributed by atoms with van der Waals surface area (Å²) in [4.78, 5) is 25.5. The lowest BCUT2D eigenvalue weighted by atomic mass is 9.90. The van der Waals surface area contributed by atoms with Crippen molar-refractivity contribution in [1.82, 2.24) is 14.9 Å². The zero-order valence-corrected chi connectivity index (χ0v) is 19.0. The summed E-state index contributed by atoms with van der Waals surface area (Å²) in [6.07, 6.45) is 7.97. The molecule has 0 radical (unpaired) electrons. The second-order valence-electron chi connectivity index (χ2n) is 9.14. The topological polar surface area (TPSA) is 87.4 Å². The van der Waals surface area contributed by atoms with Gasteiger partial charge in [0.15, 0.2) is 0 Å². The molecule has 1 aromatic carbocycles. The number of nitrogens with one attached hydrogen (secondary N) is 1. The van der Waals surface area contributed by atoms with Gasteiger partial charge in [0.1, 0.15) is 11.6 Å². The van der Waals surface area contributed by atoms with Crippen LogP contribution >= 0.6 is 0 Å². The molecule has 1 saturated carbocycles. The number of fused-ring (bicyclic) bond motifs is 1. The maximum atomic E-state index is 13.2. The number of rotatable bonds is 6. The summed E-state index contributed by atoms with van der Waals surface area (Å²) in [6.45, 7) is 0.401. The van der Waals surface area contributed by atoms with Crippen LogP contribution in [0.5, 0.6) is 0 Å². The highest BCUT2D eigenvalue weighted by Gasteiger charge is 2.29. The number of aromatic nitrogens is 2. The van der Waals surface area contributed by atoms with Crippen molar-refractivity contribution in [3.63, 3.8) is 0 Å². The monoisotopic (exact) mass is 440 g/mol. The Labute approximate surface area is 189 Å². The second-order valence-corrected chi connectivity index (χ2v) is 9.14. The number of aryl methyl sites for hydroxylation is 1. The first-order chi connectivity index (χ1) is 15.4. The third-order valence-corrected chi connectivity index (χ3v) is 6.60. The predicted molar refractivity (Wildman–Crippen MR) is 124 cm³/mol. The average Bonchev–Trinajstić information content (AvgIpc) is 2.78. The molecule has 0 spiro atoms. The van der Waals surface area contributed by atoms with Crippen LogP contribution in [0, 0.1) is 5.82 Å². The van der Waals surface area contributed by atoms with E-state index in [4.69, 9.17) is 15.7 Å². The molecule has 2 aliphatic carbocycles. The smallest absolute Gasteiger partial charge is 0.315 e. The number of carbonyl (C=O) groups is 1. The van der Waals surface area contributed by atoms with Gasteiger partial charge in [0.25, 0.3) is 0 Å². The number of halogens is 1. The van der Waals surface area contributed by atoms with Gasteiger partial charge >= 0.3 is 6.03 Å². The first-order valence-corrected chi connectivity index (χ1v) is 11.5. The van der Waals surface area contributed by atoms with Crippen molar-refractivity contribution in [1.29, 1.82) is 0 Å². The van der Waals surface area contributed by atoms with Gasteiger partial charge in [-0.25, -0.2) is 14.2 Å². The molecule has 0 atom stereocenters. The van der Waals surface area contributed by atoms with E-state index in [1.165, 1.54) is 36.2 Å². The van der Waals surface area contributed by atoms with E-state index >= 15 is 0 Å². The second kappa shape index (κ2) is 9.71. The van der Waals surface area contributed by atoms with Gasteiger partial charge in [0.05, 0.1) is 5.69 Å². The fourth-order valence-electron chi connectivity index (χ4n) is 4.90. The molecule has 2 amide bonds. The summed E-state index contributed by atoms with van der Waals surface area (Å²) in [7, 11) is 4.07. The fraction of sp³-hybridized carbons (Fsp3) is 0.542. The SMILES string of the molecule is CN(C)c1nc(NC2CCC(N(Cc3ccc(F)cc3)C(N)=O)CC2)nc2c1CCCC2. The third kappa shape index (κ3) is 5.11. The summed E-state index contributed by atoms with van der Waals surface area (Å²) in [6, 6.07) is 6.15. The van der Waals surface area contributed by atoms with Crippen LogP contribution in [0.2, 0.25) is 0 Å². The number of anilines is 2. The Kier molecular flexibility index (Phi) is 6.77. The Morgan fingerprint density at radius 1 is 1.09 bits per heavy atom. The van der Waals surface area contributed by atoms with Crippen LogP contribution < -0.4 is 16.0 Å². The third-order valence-electron chi connectivity index (χ3n) is 6.60. The molecule has 0 saturated heterocycles. The van der Waals surface area contributed by atoms with Gasteiger partial charge in [-0.1, -0.05) is 12.1 Å². The Bertz CT molecular complexity index is 940. The summed E-state index contributed by atoms with van der Waals surface area (Å²) >= 11 is 0. The van der Waals surface area contributed by atoms with Crippen molar-refractivity contribution in [2.75, 3.05) is 24.3 Å². The van der Waals surface area contributed by atoms with Crippen LogP contribution in [-0.2, 0) is 19.4 Å². The summed E-state index contributed by atoms with van der Waals surface area (Å²) in [5.74, 6) is 1.44. The maximum Gasteiger partial charge on any atom is 0.315 e. The largest absolute Gasteiger partial charge is 0.362 e. The van der Waals surface area contributed by atoms with Crippen LogP contribution in [0.25, 0.3) is 0 Å². The molecular formula is C24H33FN6O. The van der Waals surface area contributed by atoms with Crippen LogP contribution in [0.3, 0.4) is 0 Å². The molecule has 1 aromatic heterocycles. The van der Waals surface area contributed by atoms with Crippen LogP contribution in [-0.4, -0.2) is 47.1 Å². The van der Waals surface area contributed by atoms with Crippen molar-refractivity contribution in [2.45, 2.75) is 70.0 Å². The Morgan fingerprint density at radius 2 is 1.78 bits per heavy atom. The molecule has 0 unspecified atom stereocenters. The number of benzene rings is 1. The zero-order valence-electron chi connectivity index (χ0n) is 19.0. The Balaban J connectivity index is 1.39. The number of nitrogens with zero attached hydrogens (tertiary/aromatic N) is 4. The van der Waals surface area contributed by atoms with Gasteiger partial charge in [-0.3, -0.25) is 0 Å². The Morgan fingerprint density at radius 3 is 2.44 bits per heavy atom. The molecule has 3 N–H and O–H groups in total. The van der Waals surface area contributed by atoms with E-state index in [0.29, 0.717) is 12.5 Å². The first-order valence-electron chi connectivity index (χ1n) is 11.5. The average molecular weight is 441 g/mol. The van der Waals surface area contributed by atoms with E-state index in [9.17, 15) is 9.18 Å². The van der Waals surface area contributed by atoms with Crippen LogP contribution in [0.15, 0.2) is 24.3 Å². The van der Waals surface area contributed by atoms with E-state index < -0.39 is 6.03 Å². The highest BCUT2D eigenvalue weighted by molar-refractivity contribution is 5.72. The van der Waals surface area contributed by atoms with Crippen LogP contribution in [0.1, 0.15) is 55.3 Å². The molecule has 0 aliphatic heterocycles. The van der Waals surface area contributed by atoms with Gasteiger partial charge in [0, 0.05) is 38.3 Å². The number of nitrogens with two attached hydrogens (primary N) is 1. The molecule has 172 valence electrons. The highest BCUT2D eigenvalue weighted by Crippen LogP contribution is 2.30. The van der Waals surface area contributed by atoms with Gasteiger partial charge in [0.2, 0.25) is 5.95 Å². The van der Waals surface area contributed by atoms with Crippen molar-refractivity contribution >= 4 is 17.8 Å². The van der Waals surface area contributed by atoms with Gasteiger partial charge < -0.3 is 20.9 Å². The van der Waals surface area contributed by atoms with E-state index in [0.717, 1.165) is 49.9 Å². The molecule has 7 nitrogen and oxygen atoms in total. The maximum absolute atomic E-state index is 13.2.